The lowest BCUT2D eigenvalue weighted by Gasteiger charge is -2.10. The van der Waals surface area contributed by atoms with E-state index in [0.717, 1.165) is 19.4 Å². The number of oxazole rings is 1. The second-order valence-electron chi connectivity index (χ2n) is 5.31. The van der Waals surface area contributed by atoms with Crippen molar-refractivity contribution in [3.63, 3.8) is 0 Å². The first-order valence-corrected chi connectivity index (χ1v) is 8.77. The lowest BCUT2D eigenvalue weighted by molar-refractivity contribution is 0.410. The SMILES string of the molecule is CS(=O)(=O)c1ccc2oc(C3CCCCCN3)nc2c1. The highest BCUT2D eigenvalue weighted by atomic mass is 32.2. The van der Waals surface area contributed by atoms with E-state index >= 15 is 0 Å². The Morgan fingerprint density at radius 1 is 1.30 bits per heavy atom. The van der Waals surface area contributed by atoms with E-state index < -0.39 is 9.84 Å². The third kappa shape index (κ3) is 2.71. The molecule has 1 aromatic heterocycles. The maximum Gasteiger partial charge on any atom is 0.212 e. The van der Waals surface area contributed by atoms with Crippen LogP contribution in [0, 0.1) is 0 Å². The average molecular weight is 294 g/mol. The minimum absolute atomic E-state index is 0.131. The Balaban J connectivity index is 1.97. The summed E-state index contributed by atoms with van der Waals surface area (Å²) < 4.78 is 28.9. The quantitative estimate of drug-likeness (QED) is 0.921. The van der Waals surface area contributed by atoms with Crippen molar-refractivity contribution in [3.05, 3.63) is 24.1 Å². The molecule has 2 heterocycles. The molecule has 0 saturated carbocycles. The topological polar surface area (TPSA) is 72.2 Å². The highest BCUT2D eigenvalue weighted by Crippen LogP contribution is 2.27. The number of benzene rings is 1. The van der Waals surface area contributed by atoms with Crippen LogP contribution in [0.4, 0.5) is 0 Å². The van der Waals surface area contributed by atoms with Crippen LogP contribution in [0.5, 0.6) is 0 Å². The third-order valence-corrected chi connectivity index (χ3v) is 4.77. The molecule has 1 aliphatic rings. The van der Waals surface area contributed by atoms with E-state index in [1.807, 2.05) is 0 Å². The van der Waals surface area contributed by atoms with Gasteiger partial charge in [0.05, 0.1) is 10.9 Å². The first kappa shape index (κ1) is 13.6. The van der Waals surface area contributed by atoms with E-state index in [1.165, 1.54) is 19.1 Å². The Bertz CT molecular complexity index is 713. The standard InChI is InChI=1S/C14H18N2O3S/c1-20(17,18)10-6-7-13-12(9-10)16-14(19-13)11-5-3-2-4-8-15-11/h6-7,9,11,15H,2-5,8H2,1H3. The fourth-order valence-corrected chi connectivity index (χ4v) is 3.19. The summed E-state index contributed by atoms with van der Waals surface area (Å²) in [6.07, 6.45) is 5.76. The fraction of sp³-hybridized carbons (Fsp3) is 0.500. The molecule has 1 atom stereocenters. The van der Waals surface area contributed by atoms with Gasteiger partial charge >= 0.3 is 0 Å². The van der Waals surface area contributed by atoms with Gasteiger partial charge in [0.25, 0.3) is 0 Å². The molecule has 0 spiro atoms. The Hall–Kier alpha value is -1.40. The molecule has 6 heteroatoms. The van der Waals surface area contributed by atoms with Crippen LogP contribution in [0.1, 0.15) is 37.6 Å². The lowest BCUT2D eigenvalue weighted by Crippen LogP contribution is -2.20. The van der Waals surface area contributed by atoms with Gasteiger partial charge in [0.15, 0.2) is 15.4 Å². The van der Waals surface area contributed by atoms with Gasteiger partial charge in [-0.1, -0.05) is 12.8 Å². The van der Waals surface area contributed by atoms with E-state index in [9.17, 15) is 8.42 Å². The summed E-state index contributed by atoms with van der Waals surface area (Å²) in [7, 11) is -3.21. The van der Waals surface area contributed by atoms with Crippen molar-refractivity contribution >= 4 is 20.9 Å². The summed E-state index contributed by atoms with van der Waals surface area (Å²) in [4.78, 5) is 4.74. The predicted molar refractivity (Wildman–Crippen MR) is 76.3 cm³/mol. The van der Waals surface area contributed by atoms with Crippen molar-refractivity contribution in [3.8, 4) is 0 Å². The van der Waals surface area contributed by atoms with Gasteiger partial charge in [-0.15, -0.1) is 0 Å². The maximum atomic E-state index is 11.6. The predicted octanol–water partition coefficient (Wildman–Crippen LogP) is 2.44. The van der Waals surface area contributed by atoms with Crippen molar-refractivity contribution in [1.82, 2.24) is 10.3 Å². The number of aromatic nitrogens is 1. The van der Waals surface area contributed by atoms with Gasteiger partial charge in [0.2, 0.25) is 5.89 Å². The first-order chi connectivity index (χ1) is 9.54. The monoisotopic (exact) mass is 294 g/mol. The van der Waals surface area contributed by atoms with Crippen molar-refractivity contribution < 1.29 is 12.8 Å². The molecular weight excluding hydrogens is 276 g/mol. The fourth-order valence-electron chi connectivity index (χ4n) is 2.54. The zero-order chi connectivity index (χ0) is 14.2. The molecule has 108 valence electrons. The Labute approximate surface area is 118 Å². The van der Waals surface area contributed by atoms with Gasteiger partial charge in [0, 0.05) is 6.26 Å². The van der Waals surface area contributed by atoms with Crippen LogP contribution in [-0.2, 0) is 9.84 Å². The molecule has 1 fully saturated rings. The number of nitrogens with zero attached hydrogens (tertiary/aromatic N) is 1. The molecule has 0 radical (unpaired) electrons. The van der Waals surface area contributed by atoms with Crippen LogP contribution in [0.25, 0.3) is 11.1 Å². The van der Waals surface area contributed by atoms with Gasteiger partial charge in [-0.25, -0.2) is 13.4 Å². The molecule has 2 aromatic rings. The molecule has 0 aliphatic carbocycles. The normalized spacial score (nSPS) is 20.9. The molecule has 1 aromatic carbocycles. The molecule has 0 bridgehead atoms. The summed E-state index contributed by atoms with van der Waals surface area (Å²) in [6.45, 7) is 0.970. The van der Waals surface area contributed by atoms with Gasteiger partial charge in [0.1, 0.15) is 5.52 Å². The van der Waals surface area contributed by atoms with Crippen molar-refractivity contribution in [2.75, 3.05) is 12.8 Å². The van der Waals surface area contributed by atoms with E-state index in [1.54, 1.807) is 18.2 Å². The summed E-state index contributed by atoms with van der Waals surface area (Å²) in [5, 5.41) is 3.43. The second kappa shape index (κ2) is 5.18. The van der Waals surface area contributed by atoms with E-state index in [0.29, 0.717) is 17.0 Å². The molecule has 5 nitrogen and oxygen atoms in total. The highest BCUT2D eigenvalue weighted by molar-refractivity contribution is 7.90. The summed E-state index contributed by atoms with van der Waals surface area (Å²) in [5.74, 6) is 0.660. The minimum atomic E-state index is -3.21. The number of hydrogen-bond acceptors (Lipinski definition) is 5. The molecule has 20 heavy (non-hydrogen) atoms. The van der Waals surface area contributed by atoms with Gasteiger partial charge in [-0.3, -0.25) is 0 Å². The molecule has 1 unspecified atom stereocenters. The summed E-state index contributed by atoms with van der Waals surface area (Å²) >= 11 is 0. The second-order valence-corrected chi connectivity index (χ2v) is 7.33. The largest absolute Gasteiger partial charge is 0.439 e. The number of rotatable bonds is 2. The van der Waals surface area contributed by atoms with Crippen molar-refractivity contribution in [2.45, 2.75) is 36.6 Å². The smallest absolute Gasteiger partial charge is 0.212 e. The van der Waals surface area contributed by atoms with Crippen LogP contribution >= 0.6 is 0 Å². The van der Waals surface area contributed by atoms with Crippen LogP contribution in [0.15, 0.2) is 27.5 Å². The van der Waals surface area contributed by atoms with Crippen LogP contribution in [0.3, 0.4) is 0 Å². The molecule has 0 amide bonds. The van der Waals surface area contributed by atoms with Gasteiger partial charge in [-0.05, 0) is 37.6 Å². The van der Waals surface area contributed by atoms with Crippen LogP contribution in [0.2, 0.25) is 0 Å². The molecule has 3 rings (SSSR count). The molecule has 1 aliphatic heterocycles. The van der Waals surface area contributed by atoms with Crippen molar-refractivity contribution in [2.24, 2.45) is 0 Å². The Morgan fingerprint density at radius 3 is 2.95 bits per heavy atom. The van der Waals surface area contributed by atoms with Gasteiger partial charge in [-0.2, -0.15) is 0 Å². The van der Waals surface area contributed by atoms with Crippen LogP contribution < -0.4 is 5.32 Å². The highest BCUT2D eigenvalue weighted by Gasteiger charge is 2.20. The Kier molecular flexibility index (Phi) is 3.52. The van der Waals surface area contributed by atoms with Crippen molar-refractivity contribution in [1.29, 1.82) is 0 Å². The zero-order valence-electron chi connectivity index (χ0n) is 11.4. The zero-order valence-corrected chi connectivity index (χ0v) is 12.2. The summed E-state index contributed by atoms with van der Waals surface area (Å²) in [6, 6.07) is 4.95. The molecule has 1 N–H and O–H groups in total. The van der Waals surface area contributed by atoms with E-state index in [4.69, 9.17) is 4.42 Å². The average Bonchev–Trinajstić information content (AvgIpc) is 2.63. The van der Waals surface area contributed by atoms with E-state index in [-0.39, 0.29) is 10.9 Å². The summed E-state index contributed by atoms with van der Waals surface area (Å²) in [5.41, 5.74) is 1.24. The first-order valence-electron chi connectivity index (χ1n) is 6.88. The molecular formula is C14H18N2O3S. The maximum absolute atomic E-state index is 11.6. The Morgan fingerprint density at radius 2 is 2.15 bits per heavy atom. The lowest BCUT2D eigenvalue weighted by atomic mass is 10.1. The third-order valence-electron chi connectivity index (χ3n) is 3.66. The van der Waals surface area contributed by atoms with E-state index in [2.05, 4.69) is 10.3 Å². The van der Waals surface area contributed by atoms with Gasteiger partial charge < -0.3 is 9.73 Å². The number of hydrogen-bond donors (Lipinski definition) is 1. The number of sulfone groups is 1. The van der Waals surface area contributed by atoms with Crippen LogP contribution in [-0.4, -0.2) is 26.2 Å². The minimum Gasteiger partial charge on any atom is -0.439 e. The molecule has 1 saturated heterocycles. The number of fused-ring (bicyclic) bond motifs is 1. The number of nitrogens with one attached hydrogen (secondary N) is 1.